The van der Waals surface area contributed by atoms with Gasteiger partial charge in [-0.05, 0) is 72.1 Å². The van der Waals surface area contributed by atoms with Crippen molar-refractivity contribution in [2.45, 2.75) is 32.7 Å². The van der Waals surface area contributed by atoms with Crippen LogP contribution in [-0.4, -0.2) is 54.0 Å². The number of ether oxygens (including phenoxy) is 4. The average molecular weight is 629 g/mol. The number of carbonyl (C=O) groups is 1. The molecular formula is C35H33ClN2O7. The number of fused-ring (bicyclic) bond motifs is 1. The second kappa shape index (κ2) is 14.4. The largest absolute Gasteiger partial charge is 0.488 e. The molecule has 9 nitrogen and oxygen atoms in total. The maximum absolute atomic E-state index is 11.6. The molecule has 0 unspecified atom stereocenters. The number of rotatable bonds is 12. The van der Waals surface area contributed by atoms with Crippen molar-refractivity contribution in [3.63, 3.8) is 0 Å². The van der Waals surface area contributed by atoms with Crippen molar-refractivity contribution in [3.05, 3.63) is 106 Å². The Balaban J connectivity index is 1.40. The number of aliphatic hydroxyl groups excluding tert-OH is 1. The van der Waals surface area contributed by atoms with E-state index in [0.29, 0.717) is 40.9 Å². The minimum atomic E-state index is -1.14. The fourth-order valence-corrected chi connectivity index (χ4v) is 5.38. The first-order valence-electron chi connectivity index (χ1n) is 14.4. The highest BCUT2D eigenvalue weighted by Gasteiger charge is 2.24. The van der Waals surface area contributed by atoms with Crippen LogP contribution in [0.15, 0.2) is 72.8 Å². The molecule has 0 spiro atoms. The number of carboxylic acid groups (broad SMARTS) is 1. The molecule has 0 radical (unpaired) electrons. The molecule has 10 heteroatoms. The highest BCUT2D eigenvalue weighted by molar-refractivity contribution is 6.32. The lowest BCUT2D eigenvalue weighted by Crippen LogP contribution is -2.40. The standard InChI is InChI=1S/C35H33ClN2O7/c1-22-26(7-4-8-28(22)25-9-10-31-34(15-25)43-12-11-42-31)21-45-33-16-32(44-20-24-6-3-5-23(13-24)17-37)27(14-29(33)36)18-38(2)30(19-39)35(40)41/h3-10,13-16,30,39H,11-12,18-21H2,1-2H3,(H,40,41)/t30-/m0/s1. The van der Waals surface area contributed by atoms with Crippen LogP contribution in [0.25, 0.3) is 11.1 Å². The maximum atomic E-state index is 11.6. The Hall–Kier alpha value is -4.75. The molecule has 1 aliphatic heterocycles. The summed E-state index contributed by atoms with van der Waals surface area (Å²) in [6.45, 7) is 3.06. The second-order valence-electron chi connectivity index (χ2n) is 10.7. The van der Waals surface area contributed by atoms with Crippen LogP contribution in [0.3, 0.4) is 0 Å². The number of halogens is 1. The Morgan fingerprint density at radius 3 is 2.49 bits per heavy atom. The quantitative estimate of drug-likeness (QED) is 0.195. The zero-order valence-electron chi connectivity index (χ0n) is 25.0. The molecule has 4 aromatic carbocycles. The molecule has 0 saturated heterocycles. The molecule has 232 valence electrons. The van der Waals surface area contributed by atoms with E-state index in [0.717, 1.165) is 39.3 Å². The van der Waals surface area contributed by atoms with Gasteiger partial charge in [-0.1, -0.05) is 48.0 Å². The Morgan fingerprint density at radius 2 is 1.73 bits per heavy atom. The minimum Gasteiger partial charge on any atom is -0.488 e. The summed E-state index contributed by atoms with van der Waals surface area (Å²) in [4.78, 5) is 13.2. The molecule has 1 heterocycles. The third kappa shape index (κ3) is 7.49. The zero-order valence-corrected chi connectivity index (χ0v) is 25.7. The van der Waals surface area contributed by atoms with E-state index in [9.17, 15) is 20.3 Å². The lowest BCUT2D eigenvalue weighted by atomic mass is 9.96. The van der Waals surface area contributed by atoms with Crippen LogP contribution in [0.2, 0.25) is 5.02 Å². The molecule has 0 aliphatic carbocycles. The molecule has 0 saturated carbocycles. The number of aliphatic hydroxyl groups is 1. The molecule has 5 rings (SSSR count). The third-order valence-electron chi connectivity index (χ3n) is 7.66. The van der Waals surface area contributed by atoms with Gasteiger partial charge in [0.25, 0.3) is 0 Å². The predicted molar refractivity (Wildman–Crippen MR) is 169 cm³/mol. The number of benzene rings is 4. The zero-order chi connectivity index (χ0) is 31.9. The molecule has 0 amide bonds. The Labute approximate surface area is 266 Å². The van der Waals surface area contributed by atoms with Crippen LogP contribution in [0, 0.1) is 18.3 Å². The molecule has 2 N–H and O–H groups in total. The van der Waals surface area contributed by atoms with E-state index < -0.39 is 18.6 Å². The first-order valence-corrected chi connectivity index (χ1v) is 14.7. The van der Waals surface area contributed by atoms with E-state index in [1.807, 2.05) is 49.4 Å². The SMILES string of the molecule is Cc1c(COc2cc(OCc3cccc(C#N)c3)c(CN(C)[C@@H](CO)C(=O)O)cc2Cl)cccc1-c1ccc2c(c1)OCCO2. The fraction of sp³-hybridized carbons (Fsp3) is 0.257. The molecule has 1 aliphatic rings. The highest BCUT2D eigenvalue weighted by atomic mass is 35.5. The number of aliphatic carboxylic acids is 1. The summed E-state index contributed by atoms with van der Waals surface area (Å²) < 4.78 is 23.9. The maximum Gasteiger partial charge on any atom is 0.323 e. The van der Waals surface area contributed by atoms with Gasteiger partial charge in [0.15, 0.2) is 11.5 Å². The number of hydrogen-bond donors (Lipinski definition) is 2. The lowest BCUT2D eigenvalue weighted by molar-refractivity contribution is -0.144. The predicted octanol–water partition coefficient (Wildman–Crippen LogP) is 5.99. The number of nitrogens with zero attached hydrogens (tertiary/aromatic N) is 2. The summed E-state index contributed by atoms with van der Waals surface area (Å²) >= 11 is 6.69. The van der Waals surface area contributed by atoms with Crippen LogP contribution < -0.4 is 18.9 Å². The summed E-state index contributed by atoms with van der Waals surface area (Å²) in [5, 5.41) is 28.7. The van der Waals surface area contributed by atoms with E-state index in [-0.39, 0.29) is 19.8 Å². The van der Waals surface area contributed by atoms with E-state index >= 15 is 0 Å². The van der Waals surface area contributed by atoms with Crippen LogP contribution in [-0.2, 0) is 24.6 Å². The minimum absolute atomic E-state index is 0.141. The van der Waals surface area contributed by atoms with Crippen molar-refractivity contribution in [3.8, 4) is 40.2 Å². The third-order valence-corrected chi connectivity index (χ3v) is 7.95. The summed E-state index contributed by atoms with van der Waals surface area (Å²) in [5.74, 6) is 1.14. The number of nitriles is 1. The molecule has 0 fully saturated rings. The number of hydrogen-bond acceptors (Lipinski definition) is 8. The fourth-order valence-electron chi connectivity index (χ4n) is 5.14. The first-order chi connectivity index (χ1) is 21.8. The van der Waals surface area contributed by atoms with E-state index in [2.05, 4.69) is 6.07 Å². The summed E-state index contributed by atoms with van der Waals surface area (Å²) in [6, 6.07) is 23.4. The Bertz CT molecular complexity index is 1740. The van der Waals surface area contributed by atoms with Crippen molar-refractivity contribution >= 4 is 17.6 Å². The van der Waals surface area contributed by atoms with Gasteiger partial charge < -0.3 is 29.2 Å². The highest BCUT2D eigenvalue weighted by Crippen LogP contribution is 2.38. The topological polar surface area (TPSA) is 121 Å². The average Bonchev–Trinajstić information content (AvgIpc) is 3.04. The Kier molecular flexibility index (Phi) is 10.1. The van der Waals surface area contributed by atoms with Gasteiger partial charge in [0.1, 0.15) is 44.0 Å². The van der Waals surface area contributed by atoms with E-state index in [1.165, 1.54) is 4.90 Å². The van der Waals surface area contributed by atoms with Gasteiger partial charge in [0.05, 0.1) is 23.3 Å². The monoisotopic (exact) mass is 628 g/mol. The van der Waals surface area contributed by atoms with Crippen molar-refractivity contribution in [1.29, 1.82) is 5.26 Å². The molecule has 0 aromatic heterocycles. The molecule has 4 aromatic rings. The second-order valence-corrected chi connectivity index (χ2v) is 11.1. The molecule has 1 atom stereocenters. The van der Waals surface area contributed by atoms with Crippen LogP contribution >= 0.6 is 11.6 Å². The van der Waals surface area contributed by atoms with Crippen molar-refractivity contribution in [2.24, 2.45) is 0 Å². The van der Waals surface area contributed by atoms with Crippen molar-refractivity contribution in [1.82, 2.24) is 4.90 Å². The van der Waals surface area contributed by atoms with Gasteiger partial charge in [-0.15, -0.1) is 0 Å². The van der Waals surface area contributed by atoms with Crippen LogP contribution in [0.4, 0.5) is 0 Å². The van der Waals surface area contributed by atoms with E-state index in [4.69, 9.17) is 30.5 Å². The van der Waals surface area contributed by atoms with Gasteiger partial charge in [0, 0.05) is 18.2 Å². The van der Waals surface area contributed by atoms with Crippen molar-refractivity contribution in [2.75, 3.05) is 26.9 Å². The first kappa shape index (κ1) is 31.7. The molecule has 0 bridgehead atoms. The normalized spacial score (nSPS) is 12.8. The lowest BCUT2D eigenvalue weighted by Gasteiger charge is -2.24. The molecule has 45 heavy (non-hydrogen) atoms. The number of likely N-dealkylation sites (N-methyl/N-ethyl adjacent to an activating group) is 1. The van der Waals surface area contributed by atoms with E-state index in [1.54, 1.807) is 37.4 Å². The summed E-state index contributed by atoms with van der Waals surface area (Å²) in [5.41, 5.74) is 5.96. The smallest absolute Gasteiger partial charge is 0.323 e. The van der Waals surface area contributed by atoms with Gasteiger partial charge >= 0.3 is 5.97 Å². The van der Waals surface area contributed by atoms with Crippen LogP contribution in [0.5, 0.6) is 23.0 Å². The van der Waals surface area contributed by atoms with Crippen LogP contribution in [0.1, 0.15) is 27.8 Å². The summed E-state index contributed by atoms with van der Waals surface area (Å²) in [7, 11) is 1.60. The van der Waals surface area contributed by atoms with Gasteiger partial charge in [-0.2, -0.15) is 5.26 Å². The Morgan fingerprint density at radius 1 is 0.978 bits per heavy atom. The summed E-state index contributed by atoms with van der Waals surface area (Å²) in [6.07, 6.45) is 0. The van der Waals surface area contributed by atoms with Gasteiger partial charge in [-0.25, -0.2) is 0 Å². The number of carboxylic acids is 1. The van der Waals surface area contributed by atoms with Gasteiger partial charge in [0.2, 0.25) is 0 Å². The van der Waals surface area contributed by atoms with Gasteiger partial charge in [-0.3, -0.25) is 9.69 Å². The molecular weight excluding hydrogens is 596 g/mol. The van der Waals surface area contributed by atoms with Crippen molar-refractivity contribution < 1.29 is 34.0 Å².